The second-order valence-corrected chi connectivity index (χ2v) is 6.01. The zero-order valence-electron chi connectivity index (χ0n) is 13.4. The van der Waals surface area contributed by atoms with E-state index in [9.17, 15) is 0 Å². The first-order valence-electron chi connectivity index (χ1n) is 7.71. The smallest absolute Gasteiger partial charge is 0.302 e. The SMILES string of the molecule is CC(C)c1ccc2nc(Nc3nc4ccccc4n3C)oc2c1. The summed E-state index contributed by atoms with van der Waals surface area (Å²) in [6.45, 7) is 4.33. The minimum absolute atomic E-state index is 0.458. The molecule has 2 heterocycles. The fourth-order valence-electron chi connectivity index (χ4n) is 2.71. The zero-order valence-corrected chi connectivity index (χ0v) is 13.4. The summed E-state index contributed by atoms with van der Waals surface area (Å²) in [5.74, 6) is 1.17. The highest BCUT2D eigenvalue weighted by atomic mass is 16.4. The minimum atomic E-state index is 0.458. The molecule has 23 heavy (non-hydrogen) atoms. The third-order valence-electron chi connectivity index (χ3n) is 4.09. The van der Waals surface area contributed by atoms with E-state index in [1.54, 1.807) is 0 Å². The molecule has 0 atom stereocenters. The number of benzene rings is 2. The first kappa shape index (κ1) is 13.8. The van der Waals surface area contributed by atoms with Crippen molar-refractivity contribution >= 4 is 34.1 Å². The Morgan fingerprint density at radius 2 is 1.87 bits per heavy atom. The van der Waals surface area contributed by atoms with Gasteiger partial charge in [0.1, 0.15) is 5.52 Å². The lowest BCUT2D eigenvalue weighted by Crippen LogP contribution is -1.98. The van der Waals surface area contributed by atoms with Crippen molar-refractivity contribution in [1.82, 2.24) is 14.5 Å². The molecule has 0 aliphatic heterocycles. The lowest BCUT2D eigenvalue weighted by Gasteiger charge is -2.02. The highest BCUT2D eigenvalue weighted by molar-refractivity contribution is 5.80. The predicted octanol–water partition coefficient (Wildman–Crippen LogP) is 4.58. The molecule has 2 aromatic carbocycles. The zero-order chi connectivity index (χ0) is 16.0. The van der Waals surface area contributed by atoms with E-state index in [0.717, 1.165) is 22.1 Å². The van der Waals surface area contributed by atoms with E-state index in [1.165, 1.54) is 5.56 Å². The molecule has 0 aliphatic rings. The van der Waals surface area contributed by atoms with E-state index in [1.807, 2.05) is 48.0 Å². The van der Waals surface area contributed by atoms with Crippen LogP contribution in [0.4, 0.5) is 12.0 Å². The summed E-state index contributed by atoms with van der Waals surface area (Å²) in [5.41, 5.74) is 4.87. The van der Waals surface area contributed by atoms with Crippen molar-refractivity contribution in [3.8, 4) is 0 Å². The lowest BCUT2D eigenvalue weighted by atomic mass is 10.0. The van der Waals surface area contributed by atoms with Crippen LogP contribution in [0.15, 0.2) is 46.9 Å². The van der Waals surface area contributed by atoms with Crippen molar-refractivity contribution in [3.63, 3.8) is 0 Å². The number of hydrogen-bond donors (Lipinski definition) is 1. The first-order valence-corrected chi connectivity index (χ1v) is 7.71. The van der Waals surface area contributed by atoms with E-state index < -0.39 is 0 Å². The molecule has 4 aromatic rings. The predicted molar refractivity (Wildman–Crippen MR) is 92.1 cm³/mol. The molecule has 2 aromatic heterocycles. The molecule has 5 heteroatoms. The number of nitrogens with one attached hydrogen (secondary N) is 1. The average molecular weight is 306 g/mol. The van der Waals surface area contributed by atoms with Crippen molar-refractivity contribution < 1.29 is 4.42 Å². The maximum atomic E-state index is 5.84. The fraction of sp³-hybridized carbons (Fsp3) is 0.222. The van der Waals surface area contributed by atoms with Crippen LogP contribution in [0.1, 0.15) is 25.3 Å². The highest BCUT2D eigenvalue weighted by Gasteiger charge is 2.12. The average Bonchev–Trinajstić information content (AvgIpc) is 3.08. The Balaban J connectivity index is 1.72. The second-order valence-electron chi connectivity index (χ2n) is 6.01. The first-order chi connectivity index (χ1) is 11.1. The van der Waals surface area contributed by atoms with E-state index in [-0.39, 0.29) is 0 Å². The third kappa shape index (κ3) is 2.34. The molecule has 0 saturated carbocycles. The number of imidazole rings is 1. The van der Waals surface area contributed by atoms with Gasteiger partial charge >= 0.3 is 6.01 Å². The van der Waals surface area contributed by atoms with Gasteiger partial charge in [0.15, 0.2) is 5.58 Å². The minimum Gasteiger partial charge on any atom is -0.423 e. The van der Waals surface area contributed by atoms with Gasteiger partial charge in [0.2, 0.25) is 5.95 Å². The largest absolute Gasteiger partial charge is 0.423 e. The Morgan fingerprint density at radius 1 is 1.04 bits per heavy atom. The Labute approximate surface area is 134 Å². The van der Waals surface area contributed by atoms with Crippen LogP contribution < -0.4 is 5.32 Å². The molecule has 0 unspecified atom stereocenters. The number of aromatic nitrogens is 3. The van der Waals surface area contributed by atoms with Crippen molar-refractivity contribution in [3.05, 3.63) is 48.0 Å². The Bertz CT molecular complexity index is 997. The molecule has 5 nitrogen and oxygen atoms in total. The molecule has 0 aliphatic carbocycles. The Hall–Kier alpha value is -2.82. The standard InChI is InChI=1S/C18H18N4O/c1-11(2)12-8-9-14-16(10-12)23-18(20-14)21-17-19-13-6-4-5-7-15(13)22(17)3/h4-11H,1-3H3,(H,19,20,21). The quantitative estimate of drug-likeness (QED) is 0.602. The molecule has 0 fully saturated rings. The maximum Gasteiger partial charge on any atom is 0.302 e. The van der Waals surface area contributed by atoms with Crippen LogP contribution in [0.2, 0.25) is 0 Å². The molecule has 116 valence electrons. The molecular formula is C18H18N4O. The van der Waals surface area contributed by atoms with Gasteiger partial charge in [-0.2, -0.15) is 4.98 Å². The maximum absolute atomic E-state index is 5.84. The van der Waals surface area contributed by atoms with E-state index in [2.05, 4.69) is 35.2 Å². The van der Waals surface area contributed by atoms with Gasteiger partial charge in [-0.15, -0.1) is 0 Å². The summed E-state index contributed by atoms with van der Waals surface area (Å²) in [5, 5.41) is 3.17. The molecule has 0 bridgehead atoms. The molecular weight excluding hydrogens is 288 g/mol. The summed E-state index contributed by atoms with van der Waals surface area (Å²) in [6, 6.07) is 14.6. The Morgan fingerprint density at radius 3 is 2.65 bits per heavy atom. The van der Waals surface area contributed by atoms with Gasteiger partial charge in [0.05, 0.1) is 11.0 Å². The van der Waals surface area contributed by atoms with Gasteiger partial charge in [-0.25, -0.2) is 4.98 Å². The summed E-state index contributed by atoms with van der Waals surface area (Å²) >= 11 is 0. The highest BCUT2D eigenvalue weighted by Crippen LogP contribution is 2.26. The van der Waals surface area contributed by atoms with Gasteiger partial charge in [-0.1, -0.05) is 32.0 Å². The number of fused-ring (bicyclic) bond motifs is 2. The van der Waals surface area contributed by atoms with Crippen molar-refractivity contribution in [2.45, 2.75) is 19.8 Å². The van der Waals surface area contributed by atoms with Gasteiger partial charge < -0.3 is 8.98 Å². The van der Waals surface area contributed by atoms with Gasteiger partial charge in [0, 0.05) is 7.05 Å². The lowest BCUT2D eigenvalue weighted by molar-refractivity contribution is 0.620. The molecule has 0 radical (unpaired) electrons. The topological polar surface area (TPSA) is 55.9 Å². The normalized spacial score (nSPS) is 11.7. The van der Waals surface area contributed by atoms with Crippen molar-refractivity contribution in [1.29, 1.82) is 0 Å². The van der Waals surface area contributed by atoms with Crippen LogP contribution in [0.3, 0.4) is 0 Å². The number of aryl methyl sites for hydroxylation is 1. The van der Waals surface area contributed by atoms with Crippen LogP contribution in [0.5, 0.6) is 0 Å². The second kappa shape index (κ2) is 5.12. The molecule has 4 rings (SSSR count). The summed E-state index contributed by atoms with van der Waals surface area (Å²) < 4.78 is 7.83. The Kier molecular flexibility index (Phi) is 3.08. The number of anilines is 2. The molecule has 0 spiro atoms. The summed E-state index contributed by atoms with van der Waals surface area (Å²) in [6.07, 6.45) is 0. The van der Waals surface area contributed by atoms with E-state index in [0.29, 0.717) is 17.9 Å². The number of rotatable bonds is 3. The van der Waals surface area contributed by atoms with Gasteiger partial charge in [-0.3, -0.25) is 5.32 Å². The van der Waals surface area contributed by atoms with Gasteiger partial charge in [0.25, 0.3) is 0 Å². The molecule has 1 N–H and O–H groups in total. The van der Waals surface area contributed by atoms with E-state index >= 15 is 0 Å². The van der Waals surface area contributed by atoms with Crippen LogP contribution in [0, 0.1) is 0 Å². The fourth-order valence-corrected chi connectivity index (χ4v) is 2.71. The van der Waals surface area contributed by atoms with Crippen molar-refractivity contribution in [2.75, 3.05) is 5.32 Å². The van der Waals surface area contributed by atoms with E-state index in [4.69, 9.17) is 4.42 Å². The third-order valence-corrected chi connectivity index (χ3v) is 4.09. The van der Waals surface area contributed by atoms with Crippen LogP contribution in [0.25, 0.3) is 22.1 Å². The number of para-hydroxylation sites is 2. The summed E-state index contributed by atoms with van der Waals surface area (Å²) in [4.78, 5) is 9.06. The van der Waals surface area contributed by atoms with Crippen LogP contribution in [-0.2, 0) is 7.05 Å². The van der Waals surface area contributed by atoms with Gasteiger partial charge in [-0.05, 0) is 35.7 Å². The number of hydrogen-bond acceptors (Lipinski definition) is 4. The number of nitrogens with zero attached hydrogens (tertiary/aromatic N) is 3. The molecule has 0 amide bonds. The monoisotopic (exact) mass is 306 g/mol. The molecule has 0 saturated heterocycles. The summed E-state index contributed by atoms with van der Waals surface area (Å²) in [7, 11) is 1.97. The van der Waals surface area contributed by atoms with Crippen LogP contribution >= 0.6 is 0 Å². The van der Waals surface area contributed by atoms with Crippen LogP contribution in [-0.4, -0.2) is 14.5 Å². The van der Waals surface area contributed by atoms with Crippen molar-refractivity contribution in [2.24, 2.45) is 7.05 Å². The number of oxazole rings is 1.